The minimum Gasteiger partial charge on any atom is -0.354 e. The van der Waals surface area contributed by atoms with Crippen LogP contribution in [0, 0.1) is 6.92 Å². The van der Waals surface area contributed by atoms with E-state index in [0.717, 1.165) is 46.5 Å². The number of nitrogens with one attached hydrogen (secondary N) is 1. The lowest BCUT2D eigenvalue weighted by Crippen LogP contribution is -2.39. The van der Waals surface area contributed by atoms with Gasteiger partial charge in [0.25, 0.3) is 5.56 Å². The normalized spacial score (nSPS) is 12.7. The molecule has 0 saturated carbocycles. The van der Waals surface area contributed by atoms with E-state index in [1.54, 1.807) is 11.3 Å². The predicted octanol–water partition coefficient (Wildman–Crippen LogP) is 3.72. The summed E-state index contributed by atoms with van der Waals surface area (Å²) in [6, 6.07) is 7.29. The van der Waals surface area contributed by atoms with E-state index in [-0.39, 0.29) is 11.5 Å². The largest absolute Gasteiger partial charge is 0.354 e. The Labute approximate surface area is 175 Å². The van der Waals surface area contributed by atoms with Crippen molar-refractivity contribution in [2.24, 2.45) is 0 Å². The number of thiophene rings is 1. The lowest BCUT2D eigenvalue weighted by atomic mass is 10.1. The van der Waals surface area contributed by atoms with E-state index < -0.39 is 6.04 Å². The fourth-order valence-corrected chi connectivity index (χ4v) is 4.87. The average molecular weight is 415 g/mol. The molecule has 0 unspecified atom stereocenters. The molecule has 0 saturated heterocycles. The van der Waals surface area contributed by atoms with Crippen LogP contribution < -0.4 is 10.9 Å². The molecule has 156 valence electrons. The van der Waals surface area contributed by atoms with Crippen LogP contribution in [0.5, 0.6) is 0 Å². The van der Waals surface area contributed by atoms with Crippen LogP contribution in [0.4, 0.5) is 0 Å². The molecule has 2 aromatic heterocycles. The first kappa shape index (κ1) is 21.5. The fourth-order valence-electron chi connectivity index (χ4n) is 3.73. The van der Waals surface area contributed by atoms with Crippen LogP contribution in [0.1, 0.15) is 45.3 Å². The van der Waals surface area contributed by atoms with Crippen LogP contribution in [0.2, 0.25) is 0 Å². The molecular formula is C22H30N4O2S. The third-order valence-electron chi connectivity index (χ3n) is 5.43. The van der Waals surface area contributed by atoms with E-state index in [1.165, 1.54) is 4.68 Å². The molecule has 0 spiro atoms. The molecule has 1 N–H and O–H groups in total. The number of benzene rings is 1. The molecule has 0 aliphatic carbocycles. The van der Waals surface area contributed by atoms with Crippen LogP contribution in [0.3, 0.4) is 0 Å². The van der Waals surface area contributed by atoms with Gasteiger partial charge in [-0.25, -0.2) is 4.68 Å². The summed E-state index contributed by atoms with van der Waals surface area (Å²) >= 11 is 1.58. The van der Waals surface area contributed by atoms with Gasteiger partial charge in [-0.3, -0.25) is 9.59 Å². The number of nitrogens with zero attached hydrogens (tertiary/aromatic N) is 3. The van der Waals surface area contributed by atoms with Crippen molar-refractivity contribution in [1.82, 2.24) is 20.0 Å². The fraction of sp³-hybridized carbons (Fsp3) is 0.500. The standard InChI is InChI=1S/C22H30N4O2S/c1-5-17(21(27)23-13-10-14-25(6-2)7-3)26-22(28)19-16-11-8-9-12-18(16)29-20(19)15(4)24-26/h8-9,11-12,17H,5-7,10,13-14H2,1-4H3,(H,23,27)/t17-/m0/s1. The minimum absolute atomic E-state index is 0.139. The van der Waals surface area contributed by atoms with Gasteiger partial charge in [0.05, 0.1) is 15.8 Å². The van der Waals surface area contributed by atoms with Crippen molar-refractivity contribution in [3.63, 3.8) is 0 Å². The molecule has 0 aliphatic heterocycles. The van der Waals surface area contributed by atoms with Crippen LogP contribution >= 0.6 is 11.3 Å². The smallest absolute Gasteiger partial charge is 0.276 e. The highest BCUT2D eigenvalue weighted by Crippen LogP contribution is 2.33. The molecule has 0 radical (unpaired) electrons. The molecule has 3 aromatic rings. The first-order valence-corrected chi connectivity index (χ1v) is 11.2. The van der Waals surface area contributed by atoms with Gasteiger partial charge < -0.3 is 10.2 Å². The van der Waals surface area contributed by atoms with Gasteiger partial charge in [-0.05, 0) is 45.5 Å². The van der Waals surface area contributed by atoms with Crippen molar-refractivity contribution < 1.29 is 4.79 Å². The summed E-state index contributed by atoms with van der Waals surface area (Å²) < 4.78 is 3.36. The summed E-state index contributed by atoms with van der Waals surface area (Å²) in [6.07, 6.45) is 1.40. The van der Waals surface area contributed by atoms with Gasteiger partial charge in [-0.2, -0.15) is 5.10 Å². The second-order valence-electron chi connectivity index (χ2n) is 7.23. The number of aryl methyl sites for hydroxylation is 1. The van der Waals surface area contributed by atoms with Gasteiger partial charge in [0.1, 0.15) is 6.04 Å². The molecule has 0 bridgehead atoms. The zero-order chi connectivity index (χ0) is 21.0. The zero-order valence-corrected chi connectivity index (χ0v) is 18.5. The molecule has 2 heterocycles. The number of rotatable bonds is 9. The molecule has 1 aromatic carbocycles. The third-order valence-corrected chi connectivity index (χ3v) is 6.71. The SMILES string of the molecule is CC[C@@H](C(=O)NCCCN(CC)CC)n1nc(C)c2sc3ccccc3c2c1=O. The van der Waals surface area contributed by atoms with Crippen LogP contribution in [-0.4, -0.2) is 46.8 Å². The number of hydrogen-bond donors (Lipinski definition) is 1. The lowest BCUT2D eigenvalue weighted by Gasteiger charge is -2.20. The van der Waals surface area contributed by atoms with E-state index in [2.05, 4.69) is 29.2 Å². The van der Waals surface area contributed by atoms with Gasteiger partial charge in [-0.15, -0.1) is 11.3 Å². The monoisotopic (exact) mass is 414 g/mol. The van der Waals surface area contributed by atoms with E-state index in [1.807, 2.05) is 38.1 Å². The molecular weight excluding hydrogens is 384 g/mol. The van der Waals surface area contributed by atoms with Gasteiger partial charge in [0, 0.05) is 16.6 Å². The second-order valence-corrected chi connectivity index (χ2v) is 8.29. The van der Waals surface area contributed by atoms with E-state index in [4.69, 9.17) is 0 Å². The van der Waals surface area contributed by atoms with E-state index in [0.29, 0.717) is 18.4 Å². The topological polar surface area (TPSA) is 67.2 Å². The highest BCUT2D eigenvalue weighted by Gasteiger charge is 2.24. The highest BCUT2D eigenvalue weighted by atomic mass is 32.1. The molecule has 1 amide bonds. The zero-order valence-electron chi connectivity index (χ0n) is 17.7. The van der Waals surface area contributed by atoms with Crippen molar-refractivity contribution in [3.8, 4) is 0 Å². The Hall–Kier alpha value is -2.25. The molecule has 7 heteroatoms. The predicted molar refractivity (Wildman–Crippen MR) is 121 cm³/mol. The quantitative estimate of drug-likeness (QED) is 0.542. The Morgan fingerprint density at radius 1 is 1.24 bits per heavy atom. The van der Waals surface area contributed by atoms with Gasteiger partial charge in [0.2, 0.25) is 5.91 Å². The molecule has 1 atom stereocenters. The van der Waals surface area contributed by atoms with Crippen molar-refractivity contribution >= 4 is 37.4 Å². The maximum Gasteiger partial charge on any atom is 0.276 e. The van der Waals surface area contributed by atoms with E-state index in [9.17, 15) is 9.59 Å². The van der Waals surface area contributed by atoms with Gasteiger partial charge in [-0.1, -0.05) is 39.0 Å². The summed E-state index contributed by atoms with van der Waals surface area (Å²) in [5.74, 6) is -0.139. The number of fused-ring (bicyclic) bond motifs is 3. The van der Waals surface area contributed by atoms with Crippen LogP contribution in [0.15, 0.2) is 29.1 Å². The Balaban J connectivity index is 1.85. The Bertz CT molecular complexity index is 1050. The molecule has 29 heavy (non-hydrogen) atoms. The Morgan fingerprint density at radius 3 is 2.66 bits per heavy atom. The van der Waals surface area contributed by atoms with Crippen molar-refractivity contribution in [1.29, 1.82) is 0 Å². The summed E-state index contributed by atoms with van der Waals surface area (Å²) in [4.78, 5) is 28.4. The van der Waals surface area contributed by atoms with Gasteiger partial charge in [0.15, 0.2) is 0 Å². The van der Waals surface area contributed by atoms with Crippen LogP contribution in [-0.2, 0) is 4.79 Å². The first-order chi connectivity index (χ1) is 14.0. The number of carbonyl (C=O) groups is 1. The maximum atomic E-state index is 13.3. The number of carbonyl (C=O) groups excluding carboxylic acids is 1. The summed E-state index contributed by atoms with van der Waals surface area (Å²) in [5.41, 5.74) is 0.599. The number of amides is 1. The highest BCUT2D eigenvalue weighted by molar-refractivity contribution is 7.26. The van der Waals surface area contributed by atoms with Crippen LogP contribution in [0.25, 0.3) is 20.2 Å². The lowest BCUT2D eigenvalue weighted by molar-refractivity contribution is -0.124. The molecule has 0 aliphatic rings. The number of aromatic nitrogens is 2. The Kier molecular flexibility index (Phi) is 7.03. The molecule has 3 rings (SSSR count). The van der Waals surface area contributed by atoms with Crippen molar-refractivity contribution in [2.75, 3.05) is 26.2 Å². The van der Waals surface area contributed by atoms with Crippen molar-refractivity contribution in [3.05, 3.63) is 40.3 Å². The average Bonchev–Trinajstić information content (AvgIpc) is 3.13. The Morgan fingerprint density at radius 2 is 1.97 bits per heavy atom. The minimum atomic E-state index is -0.599. The summed E-state index contributed by atoms with van der Waals surface area (Å²) in [7, 11) is 0. The first-order valence-electron chi connectivity index (χ1n) is 10.4. The van der Waals surface area contributed by atoms with Crippen molar-refractivity contribution in [2.45, 2.75) is 46.6 Å². The second kappa shape index (κ2) is 9.50. The third kappa shape index (κ3) is 4.36. The summed E-state index contributed by atoms with van der Waals surface area (Å²) in [5, 5.41) is 9.12. The van der Waals surface area contributed by atoms with Gasteiger partial charge >= 0.3 is 0 Å². The number of hydrogen-bond acceptors (Lipinski definition) is 5. The summed E-state index contributed by atoms with van der Waals surface area (Å²) in [6.45, 7) is 11.7. The van der Waals surface area contributed by atoms with E-state index >= 15 is 0 Å². The molecule has 0 fully saturated rings. The molecule has 6 nitrogen and oxygen atoms in total. The maximum absolute atomic E-state index is 13.3.